The van der Waals surface area contributed by atoms with Crippen LogP contribution in [0.5, 0.6) is 0 Å². The fraction of sp³-hybridized carbons (Fsp3) is 0.200. The van der Waals surface area contributed by atoms with Gasteiger partial charge in [0.2, 0.25) is 5.91 Å². The van der Waals surface area contributed by atoms with Crippen LogP contribution in [0.1, 0.15) is 22.8 Å². The summed E-state index contributed by atoms with van der Waals surface area (Å²) < 4.78 is 0. The maximum absolute atomic E-state index is 13.2. The molecule has 8 heteroatoms. The third-order valence-electron chi connectivity index (χ3n) is 5.73. The molecule has 8 nitrogen and oxygen atoms in total. The van der Waals surface area contributed by atoms with Gasteiger partial charge in [-0.25, -0.2) is 4.79 Å². The van der Waals surface area contributed by atoms with E-state index in [2.05, 4.69) is 10.6 Å². The van der Waals surface area contributed by atoms with Gasteiger partial charge >= 0.3 is 6.03 Å². The number of anilines is 1. The van der Waals surface area contributed by atoms with E-state index in [0.717, 1.165) is 15.7 Å². The van der Waals surface area contributed by atoms with Crippen molar-refractivity contribution in [3.63, 3.8) is 0 Å². The van der Waals surface area contributed by atoms with Crippen molar-refractivity contribution < 1.29 is 19.2 Å². The standard InChI is InChI=1S/C25H24N4O4/c1-25(19-11-8-16-6-4-5-7-18(16)14-19)23(32)29(24(33)27-25)15-21(30)26-20-12-9-17(10-13-20)22(31)28(2)3/h4-14H,15H2,1-3H3,(H,26,30)(H,27,33)/t25-/m1/s1. The Morgan fingerprint density at radius 2 is 1.64 bits per heavy atom. The molecule has 1 aliphatic rings. The monoisotopic (exact) mass is 444 g/mol. The van der Waals surface area contributed by atoms with Gasteiger partial charge in [-0.3, -0.25) is 19.3 Å². The van der Waals surface area contributed by atoms with Gasteiger partial charge in [-0.1, -0.05) is 36.4 Å². The molecule has 168 valence electrons. The van der Waals surface area contributed by atoms with Gasteiger partial charge in [0.05, 0.1) is 0 Å². The van der Waals surface area contributed by atoms with E-state index in [4.69, 9.17) is 0 Å². The maximum Gasteiger partial charge on any atom is 0.325 e. The van der Waals surface area contributed by atoms with Crippen LogP contribution in [-0.2, 0) is 15.1 Å². The SMILES string of the molecule is CN(C)C(=O)c1ccc(NC(=O)CN2C(=O)N[C@](C)(c3ccc4ccccc4c3)C2=O)cc1. The Kier molecular flexibility index (Phi) is 5.59. The van der Waals surface area contributed by atoms with Crippen LogP contribution in [0, 0.1) is 0 Å². The predicted octanol–water partition coefficient (Wildman–Crippen LogP) is 2.95. The molecule has 3 aromatic rings. The highest BCUT2D eigenvalue weighted by Crippen LogP contribution is 2.31. The number of carbonyl (C=O) groups excluding carboxylic acids is 4. The molecule has 0 unspecified atom stereocenters. The molecule has 0 bridgehead atoms. The molecule has 2 N–H and O–H groups in total. The molecule has 3 aromatic carbocycles. The first-order valence-corrected chi connectivity index (χ1v) is 10.4. The molecule has 33 heavy (non-hydrogen) atoms. The Morgan fingerprint density at radius 3 is 2.30 bits per heavy atom. The second kappa shape index (κ2) is 8.38. The highest BCUT2D eigenvalue weighted by atomic mass is 16.2. The smallest absolute Gasteiger partial charge is 0.325 e. The van der Waals surface area contributed by atoms with Gasteiger partial charge in [0.1, 0.15) is 12.1 Å². The lowest BCUT2D eigenvalue weighted by Crippen LogP contribution is -2.42. The third-order valence-corrected chi connectivity index (χ3v) is 5.73. The van der Waals surface area contributed by atoms with Gasteiger partial charge in [-0.15, -0.1) is 0 Å². The topological polar surface area (TPSA) is 98.8 Å². The van der Waals surface area contributed by atoms with Crippen molar-refractivity contribution in [2.75, 3.05) is 26.0 Å². The molecule has 1 atom stereocenters. The summed E-state index contributed by atoms with van der Waals surface area (Å²) >= 11 is 0. The van der Waals surface area contributed by atoms with Gasteiger partial charge < -0.3 is 15.5 Å². The quantitative estimate of drug-likeness (QED) is 0.591. The number of benzene rings is 3. The molecule has 1 saturated heterocycles. The Hall–Kier alpha value is -4.20. The van der Waals surface area contributed by atoms with Gasteiger partial charge in [-0.2, -0.15) is 0 Å². The second-order valence-electron chi connectivity index (χ2n) is 8.33. The number of carbonyl (C=O) groups is 4. The summed E-state index contributed by atoms with van der Waals surface area (Å²) in [5, 5.41) is 7.36. The normalized spacial score (nSPS) is 17.7. The number of amides is 5. The summed E-state index contributed by atoms with van der Waals surface area (Å²) in [4.78, 5) is 52.6. The van der Waals surface area contributed by atoms with Crippen LogP contribution in [0.25, 0.3) is 10.8 Å². The van der Waals surface area contributed by atoms with E-state index in [1.807, 2.05) is 36.4 Å². The Morgan fingerprint density at radius 1 is 0.970 bits per heavy atom. The largest absolute Gasteiger partial charge is 0.345 e. The number of imide groups is 1. The van der Waals surface area contributed by atoms with Crippen molar-refractivity contribution in [3.8, 4) is 0 Å². The number of nitrogens with one attached hydrogen (secondary N) is 2. The van der Waals surface area contributed by atoms with Gasteiger partial charge in [-0.05, 0) is 53.6 Å². The van der Waals surface area contributed by atoms with Crippen LogP contribution in [0.3, 0.4) is 0 Å². The lowest BCUT2D eigenvalue weighted by Gasteiger charge is -2.22. The first-order chi connectivity index (χ1) is 15.7. The first kappa shape index (κ1) is 22.0. The number of fused-ring (bicyclic) bond motifs is 1. The highest BCUT2D eigenvalue weighted by Gasteiger charge is 2.49. The van der Waals surface area contributed by atoms with Crippen molar-refractivity contribution in [2.24, 2.45) is 0 Å². The van der Waals surface area contributed by atoms with Crippen LogP contribution in [0.4, 0.5) is 10.5 Å². The lowest BCUT2D eigenvalue weighted by molar-refractivity contribution is -0.133. The van der Waals surface area contributed by atoms with E-state index in [1.54, 1.807) is 51.4 Å². The van der Waals surface area contributed by atoms with E-state index < -0.39 is 29.9 Å². The van der Waals surface area contributed by atoms with Crippen molar-refractivity contribution >= 4 is 40.2 Å². The zero-order chi connectivity index (χ0) is 23.8. The molecule has 4 rings (SSSR count). The molecule has 0 spiro atoms. The van der Waals surface area contributed by atoms with Gasteiger partial charge in [0.15, 0.2) is 0 Å². The molecule has 0 aromatic heterocycles. The van der Waals surface area contributed by atoms with E-state index in [0.29, 0.717) is 16.8 Å². The summed E-state index contributed by atoms with van der Waals surface area (Å²) in [6.45, 7) is 1.21. The van der Waals surface area contributed by atoms with Crippen molar-refractivity contribution in [1.29, 1.82) is 0 Å². The molecule has 1 aliphatic heterocycles. The summed E-state index contributed by atoms with van der Waals surface area (Å²) in [6.07, 6.45) is 0. The van der Waals surface area contributed by atoms with Crippen LogP contribution in [-0.4, -0.2) is 54.2 Å². The Bertz CT molecular complexity index is 1270. The van der Waals surface area contributed by atoms with E-state index >= 15 is 0 Å². The molecule has 0 aliphatic carbocycles. The molecule has 0 saturated carbocycles. The minimum absolute atomic E-state index is 0.153. The second-order valence-corrected chi connectivity index (χ2v) is 8.33. The highest BCUT2D eigenvalue weighted by molar-refractivity contribution is 6.10. The first-order valence-electron chi connectivity index (χ1n) is 10.4. The van der Waals surface area contributed by atoms with Gasteiger partial charge in [0, 0.05) is 25.3 Å². The molecular weight excluding hydrogens is 420 g/mol. The number of hydrogen-bond acceptors (Lipinski definition) is 4. The van der Waals surface area contributed by atoms with Gasteiger partial charge in [0.25, 0.3) is 11.8 Å². The average molecular weight is 444 g/mol. The van der Waals surface area contributed by atoms with E-state index in [-0.39, 0.29) is 5.91 Å². The van der Waals surface area contributed by atoms with Crippen molar-refractivity contribution in [2.45, 2.75) is 12.5 Å². The fourth-order valence-electron chi connectivity index (χ4n) is 3.83. The molecule has 5 amide bonds. The van der Waals surface area contributed by atoms with Crippen molar-refractivity contribution in [3.05, 3.63) is 77.9 Å². The van der Waals surface area contributed by atoms with Crippen LogP contribution in [0.15, 0.2) is 66.7 Å². The number of rotatable bonds is 5. The minimum Gasteiger partial charge on any atom is -0.345 e. The van der Waals surface area contributed by atoms with Crippen LogP contribution < -0.4 is 10.6 Å². The third kappa shape index (κ3) is 4.15. The van der Waals surface area contributed by atoms with E-state index in [1.165, 1.54) is 4.90 Å². The predicted molar refractivity (Wildman–Crippen MR) is 125 cm³/mol. The van der Waals surface area contributed by atoms with Crippen molar-refractivity contribution in [1.82, 2.24) is 15.1 Å². The maximum atomic E-state index is 13.2. The Balaban J connectivity index is 1.47. The zero-order valence-electron chi connectivity index (χ0n) is 18.6. The zero-order valence-corrected chi connectivity index (χ0v) is 18.6. The Labute approximate surface area is 191 Å². The minimum atomic E-state index is -1.27. The summed E-state index contributed by atoms with van der Waals surface area (Å²) in [5.74, 6) is -1.17. The molecular formula is C25H24N4O4. The number of urea groups is 1. The van der Waals surface area contributed by atoms with Crippen LogP contribution in [0.2, 0.25) is 0 Å². The van der Waals surface area contributed by atoms with Crippen LogP contribution >= 0.6 is 0 Å². The number of hydrogen-bond donors (Lipinski definition) is 2. The number of nitrogens with zero attached hydrogens (tertiary/aromatic N) is 2. The lowest BCUT2D eigenvalue weighted by atomic mass is 9.90. The molecule has 0 radical (unpaired) electrons. The summed E-state index contributed by atoms with van der Waals surface area (Å²) in [6, 6.07) is 19.1. The average Bonchev–Trinajstić information content (AvgIpc) is 3.02. The summed E-state index contributed by atoms with van der Waals surface area (Å²) in [5.41, 5.74) is 0.316. The fourth-order valence-corrected chi connectivity index (χ4v) is 3.83. The molecule has 1 heterocycles. The molecule has 1 fully saturated rings. The van der Waals surface area contributed by atoms with E-state index in [9.17, 15) is 19.2 Å². The summed E-state index contributed by atoms with van der Waals surface area (Å²) in [7, 11) is 3.31.